The van der Waals surface area contributed by atoms with Crippen LogP contribution in [0.1, 0.15) is 93.6 Å². The molecule has 2 N–H and O–H groups in total. The predicted molar refractivity (Wildman–Crippen MR) is 142 cm³/mol. The van der Waals surface area contributed by atoms with Gasteiger partial charge in [-0.2, -0.15) is 0 Å². The van der Waals surface area contributed by atoms with Crippen LogP contribution in [0.4, 0.5) is 5.69 Å². The zero-order valence-corrected chi connectivity index (χ0v) is 22.9. The molecule has 0 saturated heterocycles. The van der Waals surface area contributed by atoms with Gasteiger partial charge in [0.2, 0.25) is 11.8 Å². The van der Waals surface area contributed by atoms with Crippen molar-refractivity contribution in [3.63, 3.8) is 0 Å². The van der Waals surface area contributed by atoms with Gasteiger partial charge in [0.25, 0.3) is 5.91 Å². The fourth-order valence-corrected chi connectivity index (χ4v) is 6.73. The normalized spacial score (nSPS) is 21.3. The minimum absolute atomic E-state index is 0.0694. The summed E-state index contributed by atoms with van der Waals surface area (Å²) in [5.41, 5.74) is 1.14. The van der Waals surface area contributed by atoms with Gasteiger partial charge in [-0.15, -0.1) is 11.3 Å². The van der Waals surface area contributed by atoms with E-state index in [4.69, 9.17) is 0 Å². The smallest absolute Gasteiger partial charge is 0.273 e. The highest BCUT2D eigenvalue weighted by Crippen LogP contribution is 2.44. The Kier molecular flexibility index (Phi) is 7.32. The fourth-order valence-electron chi connectivity index (χ4n) is 5.56. The molecule has 0 radical (unpaired) electrons. The summed E-state index contributed by atoms with van der Waals surface area (Å²) in [5, 5.41) is 7.20. The minimum Gasteiger partial charge on any atom is -0.351 e. The highest BCUT2D eigenvalue weighted by molar-refractivity contribution is 7.19. The van der Waals surface area contributed by atoms with Crippen molar-refractivity contribution in [2.24, 2.45) is 5.92 Å². The van der Waals surface area contributed by atoms with Gasteiger partial charge in [0.1, 0.15) is 16.1 Å². The third-order valence-electron chi connectivity index (χ3n) is 7.79. The quantitative estimate of drug-likeness (QED) is 0.523. The average Bonchev–Trinajstić information content (AvgIpc) is 3.07. The Hall–Kier alpha value is -2.35. The van der Waals surface area contributed by atoms with Crippen molar-refractivity contribution in [3.05, 3.63) is 16.1 Å². The predicted octanol–water partition coefficient (Wildman–Crippen LogP) is 5.38. The lowest BCUT2D eigenvalue weighted by molar-refractivity contribution is -0.133. The average molecular weight is 501 g/mol. The monoisotopic (exact) mass is 500 g/mol. The molecule has 4 rings (SSSR count). The molecule has 1 fully saturated rings. The van der Waals surface area contributed by atoms with Crippen LogP contribution in [0.3, 0.4) is 0 Å². The van der Waals surface area contributed by atoms with E-state index in [1.807, 2.05) is 18.4 Å². The number of carbonyl (C=O) groups excluding carboxylic acids is 3. The van der Waals surface area contributed by atoms with Gasteiger partial charge in [0.15, 0.2) is 0 Å². The number of nitrogens with zero attached hydrogens (tertiary/aromatic N) is 2. The standard InChI is InChI=1S/C27H40N4O3S/c1-16(2)13-14-31-24(33)23-22(28-19(5)32)21-17(3)18(4)35-25(21)30(23)15-27(31,6)26(34)29-20-11-9-7-8-10-12-20/h16,20H,7-15H2,1-6H3,(H,28,32)(H,29,34). The van der Waals surface area contributed by atoms with Gasteiger partial charge in [-0.25, -0.2) is 0 Å². The van der Waals surface area contributed by atoms with E-state index in [9.17, 15) is 14.4 Å². The molecule has 2 aromatic rings. The summed E-state index contributed by atoms with van der Waals surface area (Å²) in [5.74, 6) is -0.0573. The van der Waals surface area contributed by atoms with Crippen molar-refractivity contribution in [1.82, 2.24) is 14.8 Å². The molecule has 0 bridgehead atoms. The summed E-state index contributed by atoms with van der Waals surface area (Å²) >= 11 is 1.62. The van der Waals surface area contributed by atoms with Gasteiger partial charge in [0, 0.05) is 29.8 Å². The number of hydrogen-bond acceptors (Lipinski definition) is 4. The Labute approximate surface area is 212 Å². The van der Waals surface area contributed by atoms with Crippen LogP contribution in [0.15, 0.2) is 0 Å². The van der Waals surface area contributed by atoms with E-state index in [2.05, 4.69) is 31.4 Å². The van der Waals surface area contributed by atoms with Gasteiger partial charge < -0.3 is 20.1 Å². The molecule has 2 aromatic heterocycles. The SMILES string of the molecule is CC(=O)Nc1c2n(c3sc(C)c(C)c13)CC(C)(C(=O)NC1CCCCCC1)N(CCC(C)C)C2=O. The molecular formula is C27H40N4O3S. The van der Waals surface area contributed by atoms with E-state index in [0.717, 1.165) is 52.8 Å². The molecule has 1 aliphatic carbocycles. The number of anilines is 1. The zero-order valence-electron chi connectivity index (χ0n) is 22.0. The van der Waals surface area contributed by atoms with Crippen LogP contribution in [-0.4, -0.2) is 45.3 Å². The third kappa shape index (κ3) is 4.74. The molecule has 0 aromatic carbocycles. The van der Waals surface area contributed by atoms with E-state index in [-0.39, 0.29) is 23.8 Å². The molecule has 3 heterocycles. The molecule has 1 unspecified atom stereocenters. The van der Waals surface area contributed by atoms with Gasteiger partial charge in [-0.1, -0.05) is 39.5 Å². The number of fused-ring (bicyclic) bond motifs is 3. The maximum absolute atomic E-state index is 14.1. The second kappa shape index (κ2) is 9.96. The van der Waals surface area contributed by atoms with E-state index in [0.29, 0.717) is 30.4 Å². The largest absolute Gasteiger partial charge is 0.351 e. The number of hydrogen-bond donors (Lipinski definition) is 2. The summed E-state index contributed by atoms with van der Waals surface area (Å²) in [6.45, 7) is 12.6. The zero-order chi connectivity index (χ0) is 25.5. The summed E-state index contributed by atoms with van der Waals surface area (Å²) in [6, 6.07) is 0.163. The Morgan fingerprint density at radius 3 is 2.40 bits per heavy atom. The molecule has 2 aliphatic rings. The summed E-state index contributed by atoms with van der Waals surface area (Å²) < 4.78 is 1.99. The maximum Gasteiger partial charge on any atom is 0.273 e. The van der Waals surface area contributed by atoms with Crippen molar-refractivity contribution < 1.29 is 14.4 Å². The van der Waals surface area contributed by atoms with E-state index < -0.39 is 5.54 Å². The Bertz CT molecular complexity index is 1140. The van der Waals surface area contributed by atoms with Crippen LogP contribution >= 0.6 is 11.3 Å². The number of thiophene rings is 1. The summed E-state index contributed by atoms with van der Waals surface area (Å²) in [6.07, 6.45) is 7.50. The molecule has 0 spiro atoms. The molecule has 8 heteroatoms. The molecule has 3 amide bonds. The van der Waals surface area contributed by atoms with Crippen LogP contribution < -0.4 is 10.6 Å². The van der Waals surface area contributed by atoms with E-state index >= 15 is 0 Å². The Morgan fingerprint density at radius 2 is 1.80 bits per heavy atom. The number of amides is 3. The third-order valence-corrected chi connectivity index (χ3v) is 9.02. The van der Waals surface area contributed by atoms with Crippen LogP contribution in [0.2, 0.25) is 0 Å². The molecule has 35 heavy (non-hydrogen) atoms. The Morgan fingerprint density at radius 1 is 1.14 bits per heavy atom. The minimum atomic E-state index is -1.00. The van der Waals surface area contributed by atoms with Crippen LogP contribution in [0, 0.1) is 19.8 Å². The van der Waals surface area contributed by atoms with Crippen molar-refractivity contribution >= 4 is 45.0 Å². The summed E-state index contributed by atoms with van der Waals surface area (Å²) in [4.78, 5) is 44.1. The number of rotatable bonds is 6. The highest BCUT2D eigenvalue weighted by atomic mass is 32.1. The van der Waals surface area contributed by atoms with E-state index in [1.54, 1.807) is 16.2 Å². The van der Waals surface area contributed by atoms with Crippen LogP contribution in [-0.2, 0) is 16.1 Å². The number of nitrogens with one attached hydrogen (secondary N) is 2. The Balaban J connectivity index is 1.80. The first-order chi connectivity index (χ1) is 16.5. The molecular weight excluding hydrogens is 460 g/mol. The van der Waals surface area contributed by atoms with Gasteiger partial charge in [0.05, 0.1) is 12.2 Å². The van der Waals surface area contributed by atoms with E-state index in [1.165, 1.54) is 19.8 Å². The second-order valence-corrected chi connectivity index (χ2v) is 12.2. The van der Waals surface area contributed by atoms with Gasteiger partial charge in [-0.05, 0) is 51.5 Å². The highest BCUT2D eigenvalue weighted by Gasteiger charge is 2.49. The number of carbonyl (C=O) groups is 3. The number of aromatic nitrogens is 1. The molecule has 1 atom stereocenters. The maximum atomic E-state index is 14.1. The second-order valence-electron chi connectivity index (χ2n) is 11.0. The van der Waals surface area contributed by atoms with Gasteiger partial charge in [-0.3, -0.25) is 14.4 Å². The topological polar surface area (TPSA) is 83.4 Å². The number of aryl methyl sites for hydroxylation is 2. The first-order valence-electron chi connectivity index (χ1n) is 13.1. The lowest BCUT2D eigenvalue weighted by Crippen LogP contribution is -2.65. The fraction of sp³-hybridized carbons (Fsp3) is 0.667. The van der Waals surface area contributed by atoms with Gasteiger partial charge >= 0.3 is 0 Å². The lowest BCUT2D eigenvalue weighted by atomic mass is 9.92. The summed E-state index contributed by atoms with van der Waals surface area (Å²) in [7, 11) is 0. The lowest BCUT2D eigenvalue weighted by Gasteiger charge is -2.45. The molecule has 192 valence electrons. The first kappa shape index (κ1) is 25.7. The van der Waals surface area contributed by atoms with Crippen molar-refractivity contribution in [2.75, 3.05) is 11.9 Å². The van der Waals surface area contributed by atoms with Crippen LogP contribution in [0.5, 0.6) is 0 Å². The first-order valence-corrected chi connectivity index (χ1v) is 13.9. The van der Waals surface area contributed by atoms with Crippen LogP contribution in [0.25, 0.3) is 10.2 Å². The molecule has 1 aliphatic heterocycles. The molecule has 1 saturated carbocycles. The van der Waals surface area contributed by atoms with Crippen molar-refractivity contribution in [3.8, 4) is 0 Å². The van der Waals surface area contributed by atoms with Crippen molar-refractivity contribution in [1.29, 1.82) is 0 Å². The van der Waals surface area contributed by atoms with Crippen molar-refractivity contribution in [2.45, 2.75) is 105 Å². The molecule has 7 nitrogen and oxygen atoms in total.